The van der Waals surface area contributed by atoms with Crippen LogP contribution in [0.15, 0.2) is 0 Å². The molecule has 1 fully saturated rings. The van der Waals surface area contributed by atoms with Crippen LogP contribution in [0.25, 0.3) is 0 Å². The molecule has 0 unspecified atom stereocenters. The van der Waals surface area contributed by atoms with Crippen LogP contribution < -0.4 is 0 Å². The summed E-state index contributed by atoms with van der Waals surface area (Å²) in [4.78, 5) is 35.3. The molecule has 2 N–H and O–H groups in total. The first-order valence-electron chi connectivity index (χ1n) is 6.08. The zero-order valence-electron chi connectivity index (χ0n) is 11.3. The number of amides is 1. The molecule has 0 aromatic carbocycles. The molecule has 1 aliphatic heterocycles. The Labute approximate surface area is 111 Å². The van der Waals surface area contributed by atoms with Gasteiger partial charge in [-0.25, -0.2) is 9.59 Å². The monoisotopic (exact) mass is 273 g/mol. The van der Waals surface area contributed by atoms with E-state index in [9.17, 15) is 14.4 Å². The fraction of sp³-hybridized carbons (Fsp3) is 0.750. The number of aliphatic carboxylic acids is 2. The van der Waals surface area contributed by atoms with Gasteiger partial charge in [-0.05, 0) is 33.6 Å². The maximum absolute atomic E-state index is 11.9. The van der Waals surface area contributed by atoms with Crippen molar-refractivity contribution < 1.29 is 29.3 Å². The van der Waals surface area contributed by atoms with Crippen LogP contribution in [0.3, 0.4) is 0 Å². The van der Waals surface area contributed by atoms with Crippen LogP contribution >= 0.6 is 0 Å². The molecule has 0 saturated carbocycles. The number of likely N-dealkylation sites (tertiary alicyclic amines) is 1. The first-order valence-corrected chi connectivity index (χ1v) is 6.08. The highest BCUT2D eigenvalue weighted by Crippen LogP contribution is 2.26. The van der Waals surface area contributed by atoms with E-state index < -0.39 is 35.6 Å². The summed E-state index contributed by atoms with van der Waals surface area (Å²) < 4.78 is 5.12. The second-order valence-electron chi connectivity index (χ2n) is 5.54. The maximum atomic E-state index is 11.9. The molecule has 1 aliphatic rings. The van der Waals surface area contributed by atoms with Crippen molar-refractivity contribution in [2.75, 3.05) is 6.54 Å². The lowest BCUT2D eigenvalue weighted by molar-refractivity contribution is -0.157. The van der Waals surface area contributed by atoms with E-state index >= 15 is 0 Å². The Hall–Kier alpha value is -1.79. The smallest absolute Gasteiger partial charge is 0.411 e. The lowest BCUT2D eigenvalue weighted by Crippen LogP contribution is -2.55. The quantitative estimate of drug-likeness (QED) is 0.782. The van der Waals surface area contributed by atoms with E-state index in [0.29, 0.717) is 6.42 Å². The summed E-state index contributed by atoms with van der Waals surface area (Å²) >= 11 is 0. The molecule has 0 aromatic rings. The molecule has 1 saturated heterocycles. The Morgan fingerprint density at radius 3 is 2.16 bits per heavy atom. The van der Waals surface area contributed by atoms with E-state index in [1.807, 2.05) is 0 Å². The minimum absolute atomic E-state index is 0.190. The summed E-state index contributed by atoms with van der Waals surface area (Å²) in [6, 6.07) is -1.37. The molecule has 2 atom stereocenters. The Balaban J connectivity index is 2.93. The molecule has 19 heavy (non-hydrogen) atoms. The predicted octanol–water partition coefficient (Wildman–Crippen LogP) is 1.17. The number of hydrogen-bond acceptors (Lipinski definition) is 4. The normalized spacial score (nSPS) is 23.8. The Bertz CT molecular complexity index is 386. The lowest BCUT2D eigenvalue weighted by atomic mass is 9.89. The van der Waals surface area contributed by atoms with Crippen LogP contribution in [-0.4, -0.2) is 51.3 Å². The van der Waals surface area contributed by atoms with Crippen molar-refractivity contribution in [3.8, 4) is 0 Å². The number of nitrogens with zero attached hydrogens (tertiary/aromatic N) is 1. The van der Waals surface area contributed by atoms with Gasteiger partial charge in [0, 0.05) is 6.54 Å². The van der Waals surface area contributed by atoms with Gasteiger partial charge in [-0.3, -0.25) is 9.69 Å². The third-order valence-corrected chi connectivity index (χ3v) is 2.83. The van der Waals surface area contributed by atoms with Crippen molar-refractivity contribution in [2.24, 2.45) is 5.92 Å². The minimum atomic E-state index is -1.37. The topological polar surface area (TPSA) is 104 Å². The zero-order valence-corrected chi connectivity index (χ0v) is 11.3. The van der Waals surface area contributed by atoms with Crippen molar-refractivity contribution in [2.45, 2.75) is 45.3 Å². The van der Waals surface area contributed by atoms with Gasteiger partial charge in [0.15, 0.2) is 0 Å². The van der Waals surface area contributed by atoms with Crippen LogP contribution in [0.2, 0.25) is 0 Å². The summed E-state index contributed by atoms with van der Waals surface area (Å²) in [5.74, 6) is -3.63. The fourth-order valence-corrected chi connectivity index (χ4v) is 2.09. The van der Waals surface area contributed by atoms with Gasteiger partial charge in [0.2, 0.25) is 0 Å². The molecule has 1 heterocycles. The molecule has 0 aliphatic carbocycles. The van der Waals surface area contributed by atoms with Gasteiger partial charge in [-0.1, -0.05) is 0 Å². The molecule has 7 nitrogen and oxygen atoms in total. The Morgan fingerprint density at radius 1 is 1.16 bits per heavy atom. The predicted molar refractivity (Wildman–Crippen MR) is 64.7 cm³/mol. The van der Waals surface area contributed by atoms with E-state index in [2.05, 4.69) is 0 Å². The average Bonchev–Trinajstić information content (AvgIpc) is 2.25. The Kier molecular flexibility index (Phi) is 4.39. The summed E-state index contributed by atoms with van der Waals surface area (Å²) in [5.41, 5.74) is -0.754. The lowest BCUT2D eigenvalue weighted by Gasteiger charge is -2.37. The van der Waals surface area contributed by atoms with E-state index in [-0.39, 0.29) is 13.0 Å². The van der Waals surface area contributed by atoms with E-state index in [0.717, 1.165) is 4.90 Å². The van der Waals surface area contributed by atoms with Crippen LogP contribution in [0.5, 0.6) is 0 Å². The molecule has 1 rings (SSSR count). The molecular formula is C12H19NO6. The molecular weight excluding hydrogens is 254 g/mol. The largest absolute Gasteiger partial charge is 0.481 e. The highest BCUT2D eigenvalue weighted by atomic mass is 16.6. The zero-order chi connectivity index (χ0) is 14.8. The van der Waals surface area contributed by atoms with Crippen molar-refractivity contribution in [1.29, 1.82) is 0 Å². The standard InChI is InChI=1S/C12H19NO6/c1-12(2,3)19-11(18)13-6-4-5-7(9(14)15)8(13)10(16)17/h7-8H,4-6H2,1-3H3,(H,14,15)(H,16,17)/t7-,8+/m1/s1. The van der Waals surface area contributed by atoms with Crippen molar-refractivity contribution in [1.82, 2.24) is 4.90 Å². The van der Waals surface area contributed by atoms with Crippen LogP contribution in [-0.2, 0) is 14.3 Å². The van der Waals surface area contributed by atoms with Gasteiger partial charge in [0.1, 0.15) is 11.6 Å². The molecule has 0 aromatic heterocycles. The summed E-state index contributed by atoms with van der Waals surface area (Å²) in [6.45, 7) is 5.19. The summed E-state index contributed by atoms with van der Waals surface area (Å²) in [7, 11) is 0. The van der Waals surface area contributed by atoms with E-state index in [1.54, 1.807) is 20.8 Å². The molecule has 108 valence electrons. The highest BCUT2D eigenvalue weighted by molar-refractivity contribution is 5.86. The number of hydrogen-bond donors (Lipinski definition) is 2. The molecule has 0 bridgehead atoms. The second-order valence-corrected chi connectivity index (χ2v) is 5.54. The second kappa shape index (κ2) is 5.46. The number of ether oxygens (including phenoxy) is 1. The molecule has 7 heteroatoms. The molecule has 0 radical (unpaired) electrons. The molecule has 1 amide bonds. The SMILES string of the molecule is CC(C)(C)OC(=O)N1CCC[C@@H](C(=O)O)[C@H]1C(=O)O. The summed E-state index contributed by atoms with van der Waals surface area (Å²) in [6.07, 6.45) is -0.100. The minimum Gasteiger partial charge on any atom is -0.481 e. The van der Waals surface area contributed by atoms with Crippen molar-refractivity contribution in [3.63, 3.8) is 0 Å². The van der Waals surface area contributed by atoms with Gasteiger partial charge in [-0.15, -0.1) is 0 Å². The number of piperidine rings is 1. The molecule has 0 spiro atoms. The van der Waals surface area contributed by atoms with E-state index in [4.69, 9.17) is 14.9 Å². The number of carbonyl (C=O) groups excluding carboxylic acids is 1. The van der Waals surface area contributed by atoms with Crippen molar-refractivity contribution in [3.05, 3.63) is 0 Å². The number of carboxylic acid groups (broad SMARTS) is 2. The summed E-state index contributed by atoms with van der Waals surface area (Å²) in [5, 5.41) is 18.2. The third kappa shape index (κ3) is 3.84. The van der Waals surface area contributed by atoms with Gasteiger partial charge in [-0.2, -0.15) is 0 Å². The number of rotatable bonds is 2. The number of carboxylic acids is 2. The van der Waals surface area contributed by atoms with Gasteiger partial charge < -0.3 is 14.9 Å². The van der Waals surface area contributed by atoms with E-state index in [1.165, 1.54) is 0 Å². The third-order valence-electron chi connectivity index (χ3n) is 2.83. The average molecular weight is 273 g/mol. The first kappa shape index (κ1) is 15.3. The van der Waals surface area contributed by atoms with Crippen molar-refractivity contribution >= 4 is 18.0 Å². The van der Waals surface area contributed by atoms with Gasteiger partial charge >= 0.3 is 18.0 Å². The number of carbonyl (C=O) groups is 3. The first-order chi connectivity index (χ1) is 8.63. The highest BCUT2D eigenvalue weighted by Gasteiger charge is 2.44. The van der Waals surface area contributed by atoms with Gasteiger partial charge in [0.25, 0.3) is 0 Å². The van der Waals surface area contributed by atoms with Crippen LogP contribution in [0.4, 0.5) is 4.79 Å². The van der Waals surface area contributed by atoms with Crippen LogP contribution in [0.1, 0.15) is 33.6 Å². The van der Waals surface area contributed by atoms with Gasteiger partial charge in [0.05, 0.1) is 5.92 Å². The fourth-order valence-electron chi connectivity index (χ4n) is 2.09. The Morgan fingerprint density at radius 2 is 1.74 bits per heavy atom. The van der Waals surface area contributed by atoms with Crippen LogP contribution in [0, 0.1) is 5.92 Å². The maximum Gasteiger partial charge on any atom is 0.411 e.